The van der Waals surface area contributed by atoms with Gasteiger partial charge in [0.2, 0.25) is 0 Å². The van der Waals surface area contributed by atoms with Crippen LogP contribution >= 0.6 is 27.5 Å². The van der Waals surface area contributed by atoms with Gasteiger partial charge in [0.15, 0.2) is 0 Å². The molecule has 0 amide bonds. The molecule has 0 heterocycles. The topological polar surface area (TPSA) is 32.3 Å². The molecule has 2 aromatic rings. The van der Waals surface area contributed by atoms with E-state index in [-0.39, 0.29) is 6.04 Å². The highest BCUT2D eigenvalue weighted by Crippen LogP contribution is 2.23. The molecule has 0 fully saturated rings. The number of aliphatic hydroxyl groups is 1. The van der Waals surface area contributed by atoms with Gasteiger partial charge in [-0.2, -0.15) is 0 Å². The van der Waals surface area contributed by atoms with Gasteiger partial charge in [0, 0.05) is 27.6 Å². The quantitative estimate of drug-likeness (QED) is 0.829. The fourth-order valence-electron chi connectivity index (χ4n) is 2.01. The van der Waals surface area contributed by atoms with E-state index in [4.69, 9.17) is 11.6 Å². The van der Waals surface area contributed by atoms with E-state index in [2.05, 4.69) is 40.3 Å². The highest BCUT2D eigenvalue weighted by atomic mass is 79.9. The summed E-state index contributed by atoms with van der Waals surface area (Å²) in [5.41, 5.74) is 1.93. The van der Waals surface area contributed by atoms with Crippen LogP contribution < -0.4 is 5.32 Å². The maximum absolute atomic E-state index is 10.2. The second kappa shape index (κ2) is 7.23. The van der Waals surface area contributed by atoms with Crippen molar-refractivity contribution in [3.8, 4) is 0 Å². The summed E-state index contributed by atoms with van der Waals surface area (Å²) in [5, 5.41) is 14.1. The summed E-state index contributed by atoms with van der Waals surface area (Å²) in [6, 6.07) is 15.7. The van der Waals surface area contributed by atoms with Crippen LogP contribution in [0.25, 0.3) is 0 Å². The van der Waals surface area contributed by atoms with E-state index in [1.807, 2.05) is 30.3 Å². The Morgan fingerprint density at radius 2 is 1.80 bits per heavy atom. The Bertz CT molecular complexity index is 559. The Labute approximate surface area is 132 Å². The number of halogens is 2. The summed E-state index contributed by atoms with van der Waals surface area (Å²) in [4.78, 5) is 0. The second-order valence-electron chi connectivity index (χ2n) is 4.72. The molecule has 4 heteroatoms. The highest BCUT2D eigenvalue weighted by Gasteiger charge is 2.12. The molecule has 20 heavy (non-hydrogen) atoms. The Morgan fingerprint density at radius 3 is 2.45 bits per heavy atom. The molecule has 1 unspecified atom stereocenters. The third-order valence-electron chi connectivity index (χ3n) is 3.25. The lowest BCUT2D eigenvalue weighted by atomic mass is 10.1. The van der Waals surface area contributed by atoms with Crippen molar-refractivity contribution in [2.24, 2.45) is 0 Å². The summed E-state index contributed by atoms with van der Waals surface area (Å²) in [6.45, 7) is 2.53. The highest BCUT2D eigenvalue weighted by molar-refractivity contribution is 9.10. The summed E-state index contributed by atoms with van der Waals surface area (Å²) < 4.78 is 1.06. The Hall–Kier alpha value is -0.870. The van der Waals surface area contributed by atoms with Gasteiger partial charge in [0.05, 0.1) is 6.10 Å². The van der Waals surface area contributed by atoms with Crippen molar-refractivity contribution in [2.45, 2.75) is 19.1 Å². The van der Waals surface area contributed by atoms with Gasteiger partial charge in [-0.1, -0.05) is 57.9 Å². The first-order valence-corrected chi connectivity index (χ1v) is 7.66. The zero-order valence-corrected chi connectivity index (χ0v) is 13.5. The molecule has 2 atom stereocenters. The maximum Gasteiger partial charge on any atom is 0.0928 e. The largest absolute Gasteiger partial charge is 0.387 e. The lowest BCUT2D eigenvalue weighted by Gasteiger charge is -2.18. The van der Waals surface area contributed by atoms with E-state index in [0.717, 1.165) is 10.0 Å². The number of nitrogens with one attached hydrogen (secondary N) is 1. The van der Waals surface area contributed by atoms with Crippen LogP contribution in [0.1, 0.15) is 30.2 Å². The number of rotatable bonds is 5. The average Bonchev–Trinajstić information content (AvgIpc) is 2.45. The molecule has 0 bridgehead atoms. The SMILES string of the molecule is C[C@H](NCC(O)c1ccccc1Cl)c1ccc(Br)cc1. The molecular formula is C16H17BrClNO. The van der Waals surface area contributed by atoms with Gasteiger partial charge in [-0.25, -0.2) is 0 Å². The normalized spacial score (nSPS) is 14.0. The number of aliphatic hydroxyl groups excluding tert-OH is 1. The summed E-state index contributed by atoms with van der Waals surface area (Å²) >= 11 is 9.50. The third-order valence-corrected chi connectivity index (χ3v) is 4.12. The van der Waals surface area contributed by atoms with Crippen LogP contribution in [0.15, 0.2) is 53.0 Å². The number of benzene rings is 2. The van der Waals surface area contributed by atoms with Gasteiger partial charge in [-0.15, -0.1) is 0 Å². The molecule has 0 aliphatic rings. The minimum atomic E-state index is -0.610. The van der Waals surface area contributed by atoms with Gasteiger partial charge in [-0.05, 0) is 30.7 Å². The van der Waals surface area contributed by atoms with Crippen molar-refractivity contribution in [2.75, 3.05) is 6.54 Å². The van der Waals surface area contributed by atoms with Crippen molar-refractivity contribution < 1.29 is 5.11 Å². The fourth-order valence-corrected chi connectivity index (χ4v) is 2.54. The van der Waals surface area contributed by atoms with E-state index >= 15 is 0 Å². The molecule has 0 saturated heterocycles. The number of hydrogen-bond acceptors (Lipinski definition) is 2. The minimum Gasteiger partial charge on any atom is -0.387 e. The molecule has 0 aliphatic heterocycles. The standard InChI is InChI=1S/C16H17BrClNO/c1-11(12-6-8-13(17)9-7-12)19-10-16(20)14-4-2-3-5-15(14)18/h2-9,11,16,19-20H,10H2,1H3/t11-,16?/m0/s1. The van der Waals surface area contributed by atoms with Gasteiger partial charge in [0.25, 0.3) is 0 Å². The zero-order valence-electron chi connectivity index (χ0n) is 11.2. The molecule has 2 nitrogen and oxygen atoms in total. The van der Waals surface area contributed by atoms with Gasteiger partial charge in [-0.3, -0.25) is 0 Å². The maximum atomic E-state index is 10.2. The first kappa shape index (κ1) is 15.5. The predicted octanol–water partition coefficient (Wildman–Crippen LogP) is 4.49. The molecule has 2 aromatic carbocycles. The smallest absolute Gasteiger partial charge is 0.0928 e. The van der Waals surface area contributed by atoms with Crippen LogP contribution in [-0.2, 0) is 0 Å². The van der Waals surface area contributed by atoms with Crippen LogP contribution in [-0.4, -0.2) is 11.7 Å². The predicted molar refractivity (Wildman–Crippen MR) is 87.0 cm³/mol. The fraction of sp³-hybridized carbons (Fsp3) is 0.250. The van der Waals surface area contributed by atoms with Gasteiger partial charge in [0.1, 0.15) is 0 Å². The summed E-state index contributed by atoms with van der Waals surface area (Å²) in [7, 11) is 0. The van der Waals surface area contributed by atoms with Gasteiger partial charge < -0.3 is 10.4 Å². The van der Waals surface area contributed by atoms with E-state index in [0.29, 0.717) is 11.6 Å². The molecule has 0 radical (unpaired) electrons. The molecule has 106 valence electrons. The Kier molecular flexibility index (Phi) is 5.61. The minimum absolute atomic E-state index is 0.167. The van der Waals surface area contributed by atoms with Crippen molar-refractivity contribution >= 4 is 27.5 Å². The lowest BCUT2D eigenvalue weighted by molar-refractivity contribution is 0.171. The molecule has 0 aliphatic carbocycles. The van der Waals surface area contributed by atoms with Crippen LogP contribution in [0, 0.1) is 0 Å². The molecule has 2 N–H and O–H groups in total. The molecule has 0 aromatic heterocycles. The lowest BCUT2D eigenvalue weighted by Crippen LogP contribution is -2.24. The summed E-state index contributed by atoms with van der Waals surface area (Å²) in [5.74, 6) is 0. The number of hydrogen-bond donors (Lipinski definition) is 2. The molecule has 2 rings (SSSR count). The van der Waals surface area contributed by atoms with E-state index in [1.54, 1.807) is 6.07 Å². The molecule has 0 saturated carbocycles. The Balaban J connectivity index is 1.95. The zero-order chi connectivity index (χ0) is 14.5. The van der Waals surface area contributed by atoms with Crippen molar-refractivity contribution in [3.63, 3.8) is 0 Å². The van der Waals surface area contributed by atoms with Crippen LogP contribution in [0.4, 0.5) is 0 Å². The monoisotopic (exact) mass is 353 g/mol. The van der Waals surface area contributed by atoms with Crippen LogP contribution in [0.2, 0.25) is 5.02 Å². The molecular weight excluding hydrogens is 338 g/mol. The van der Waals surface area contributed by atoms with Crippen molar-refractivity contribution in [1.29, 1.82) is 0 Å². The average molecular weight is 355 g/mol. The van der Waals surface area contributed by atoms with E-state index in [9.17, 15) is 5.11 Å². The van der Waals surface area contributed by atoms with Crippen molar-refractivity contribution in [1.82, 2.24) is 5.32 Å². The Morgan fingerprint density at radius 1 is 1.15 bits per heavy atom. The van der Waals surface area contributed by atoms with Gasteiger partial charge >= 0.3 is 0 Å². The first-order chi connectivity index (χ1) is 9.58. The molecule has 0 spiro atoms. The van der Waals surface area contributed by atoms with E-state index < -0.39 is 6.10 Å². The first-order valence-electron chi connectivity index (χ1n) is 6.49. The second-order valence-corrected chi connectivity index (χ2v) is 6.04. The summed E-state index contributed by atoms with van der Waals surface area (Å²) in [6.07, 6.45) is -0.610. The third kappa shape index (κ3) is 4.06. The van der Waals surface area contributed by atoms with E-state index in [1.165, 1.54) is 5.56 Å². The van der Waals surface area contributed by atoms with Crippen LogP contribution in [0.5, 0.6) is 0 Å². The van der Waals surface area contributed by atoms with Crippen LogP contribution in [0.3, 0.4) is 0 Å². The van der Waals surface area contributed by atoms with Crippen molar-refractivity contribution in [3.05, 3.63) is 69.2 Å².